The van der Waals surface area contributed by atoms with Crippen LogP contribution in [0.1, 0.15) is 42.3 Å². The normalized spacial score (nSPS) is 11.1. The van der Waals surface area contributed by atoms with Crippen LogP contribution in [0.5, 0.6) is 0 Å². The van der Waals surface area contributed by atoms with E-state index >= 15 is 0 Å². The molecule has 0 bridgehead atoms. The van der Waals surface area contributed by atoms with Gasteiger partial charge in [0.1, 0.15) is 0 Å². The summed E-state index contributed by atoms with van der Waals surface area (Å²) in [4.78, 5) is 28.7. The van der Waals surface area contributed by atoms with Crippen LogP contribution in [0, 0.1) is 0 Å². The summed E-state index contributed by atoms with van der Waals surface area (Å²) in [7, 11) is 0. The number of carbonyl (C=O) groups is 2. The average Bonchev–Trinajstić information content (AvgIpc) is 3.40. The van der Waals surface area contributed by atoms with Gasteiger partial charge < -0.3 is 5.32 Å². The number of carbonyl (C=O) groups excluding carboxylic acids is 2. The zero-order valence-electron chi connectivity index (χ0n) is 21.1. The molecule has 0 saturated heterocycles. The number of thioether (sulfide) groups is 1. The van der Waals surface area contributed by atoms with Crippen LogP contribution in [-0.2, 0) is 12.0 Å². The summed E-state index contributed by atoms with van der Waals surface area (Å²) in [6, 6.07) is 22.6. The van der Waals surface area contributed by atoms with Crippen LogP contribution in [0.15, 0.2) is 77.7 Å². The molecule has 0 aliphatic rings. The molecule has 0 saturated carbocycles. The van der Waals surface area contributed by atoms with Crippen LogP contribution < -0.4 is 15.5 Å². The number of H-pyrrole nitrogens is 1. The lowest BCUT2D eigenvalue weighted by atomic mass is 9.87. The number of benzene rings is 3. The third kappa shape index (κ3) is 6.73. The van der Waals surface area contributed by atoms with Gasteiger partial charge in [-0.25, -0.2) is 4.79 Å². The van der Waals surface area contributed by atoms with E-state index in [4.69, 9.17) is 0 Å². The summed E-state index contributed by atoms with van der Waals surface area (Å²) in [6.45, 7) is 6.78. The zero-order chi connectivity index (χ0) is 26.4. The van der Waals surface area contributed by atoms with E-state index in [0.717, 1.165) is 21.8 Å². The lowest BCUT2D eigenvalue weighted by molar-refractivity contribution is 0.102. The average molecular weight is 516 g/mol. The number of rotatable bonds is 7. The number of aromatic amines is 1. The number of amides is 3. The zero-order valence-corrected chi connectivity index (χ0v) is 22.0. The topological polar surface area (TPSA) is 116 Å². The molecular weight excluding hydrogens is 486 g/mol. The van der Waals surface area contributed by atoms with Gasteiger partial charge >= 0.3 is 6.03 Å². The van der Waals surface area contributed by atoms with Gasteiger partial charge in [-0.3, -0.25) is 15.0 Å². The Morgan fingerprint density at radius 2 is 1.70 bits per heavy atom. The molecule has 190 valence electrons. The van der Waals surface area contributed by atoms with Crippen molar-refractivity contribution in [2.24, 2.45) is 0 Å². The second kappa shape index (κ2) is 11.3. The third-order valence-electron chi connectivity index (χ3n) is 5.74. The van der Waals surface area contributed by atoms with Crippen LogP contribution in [-0.4, -0.2) is 38.8 Å². The maximum atomic E-state index is 13.5. The fourth-order valence-corrected chi connectivity index (χ4v) is 4.11. The van der Waals surface area contributed by atoms with Crippen molar-refractivity contribution in [1.29, 1.82) is 0 Å². The first-order chi connectivity index (χ1) is 17.7. The van der Waals surface area contributed by atoms with Gasteiger partial charge in [-0.1, -0.05) is 56.2 Å². The molecule has 0 aliphatic carbocycles. The van der Waals surface area contributed by atoms with Crippen LogP contribution in [0.2, 0.25) is 0 Å². The van der Waals surface area contributed by atoms with Crippen molar-refractivity contribution in [2.75, 3.05) is 21.8 Å². The number of tetrazole rings is 1. The monoisotopic (exact) mass is 515 g/mol. The molecule has 0 unspecified atom stereocenters. The van der Waals surface area contributed by atoms with Crippen molar-refractivity contribution in [3.8, 4) is 0 Å². The van der Waals surface area contributed by atoms with E-state index in [1.165, 1.54) is 5.56 Å². The number of anilines is 3. The maximum absolute atomic E-state index is 13.5. The minimum atomic E-state index is -0.353. The Morgan fingerprint density at radius 3 is 2.32 bits per heavy atom. The standard InChI is InChI=1S/C27H29N7O2S/c1-27(2,3)20-12-14-22(15-13-20)34(26(36)28-21-6-5-7-23(16-21)37-4)17-18-8-10-19(11-9-18)24(35)29-25-30-32-33-31-25/h5-16H,17H2,1-4H3,(H,28,36)(H2,29,30,31,32,33,35). The molecule has 3 N–H and O–H groups in total. The molecule has 1 aromatic heterocycles. The number of hydrogen-bond acceptors (Lipinski definition) is 6. The molecule has 0 fully saturated rings. The van der Waals surface area contributed by atoms with Crippen molar-refractivity contribution >= 4 is 41.0 Å². The van der Waals surface area contributed by atoms with Gasteiger partial charge in [0.15, 0.2) is 0 Å². The Morgan fingerprint density at radius 1 is 0.973 bits per heavy atom. The largest absolute Gasteiger partial charge is 0.326 e. The van der Waals surface area contributed by atoms with E-state index in [1.54, 1.807) is 28.8 Å². The molecule has 37 heavy (non-hydrogen) atoms. The summed E-state index contributed by atoms with van der Waals surface area (Å²) >= 11 is 1.62. The summed E-state index contributed by atoms with van der Waals surface area (Å²) in [5, 5.41) is 18.8. The Labute approximate surface area is 220 Å². The summed E-state index contributed by atoms with van der Waals surface area (Å²) in [5.74, 6) is -0.254. The van der Waals surface area contributed by atoms with Crippen molar-refractivity contribution in [3.05, 3.63) is 89.5 Å². The maximum Gasteiger partial charge on any atom is 0.326 e. The molecule has 1 heterocycles. The fraction of sp³-hybridized carbons (Fsp3) is 0.222. The Kier molecular flexibility index (Phi) is 7.88. The van der Waals surface area contributed by atoms with E-state index in [-0.39, 0.29) is 23.3 Å². The first-order valence-electron chi connectivity index (χ1n) is 11.7. The minimum absolute atomic E-state index is 0.00177. The Balaban J connectivity index is 1.56. The highest BCUT2D eigenvalue weighted by Gasteiger charge is 2.19. The molecule has 0 aliphatic heterocycles. The van der Waals surface area contributed by atoms with Crippen LogP contribution in [0.3, 0.4) is 0 Å². The highest BCUT2D eigenvalue weighted by Crippen LogP contribution is 2.27. The second-order valence-electron chi connectivity index (χ2n) is 9.43. The van der Waals surface area contributed by atoms with E-state index in [2.05, 4.69) is 64.2 Å². The van der Waals surface area contributed by atoms with E-state index < -0.39 is 0 Å². The molecule has 4 rings (SSSR count). The van der Waals surface area contributed by atoms with E-state index in [9.17, 15) is 9.59 Å². The van der Waals surface area contributed by atoms with Gasteiger partial charge in [0, 0.05) is 21.8 Å². The third-order valence-corrected chi connectivity index (χ3v) is 6.46. The van der Waals surface area contributed by atoms with Gasteiger partial charge in [0.2, 0.25) is 0 Å². The molecule has 10 heteroatoms. The SMILES string of the molecule is CSc1cccc(NC(=O)N(Cc2ccc(C(=O)Nc3nn[nH]n3)cc2)c2ccc(C(C)(C)C)cc2)c1. The smallest absolute Gasteiger partial charge is 0.307 e. The lowest BCUT2D eigenvalue weighted by Crippen LogP contribution is -2.34. The fourth-order valence-electron chi connectivity index (χ4n) is 3.65. The van der Waals surface area contributed by atoms with Crippen LogP contribution in [0.4, 0.5) is 22.1 Å². The second-order valence-corrected chi connectivity index (χ2v) is 10.3. The van der Waals surface area contributed by atoms with E-state index in [0.29, 0.717) is 12.1 Å². The van der Waals surface area contributed by atoms with Crippen molar-refractivity contribution in [3.63, 3.8) is 0 Å². The van der Waals surface area contributed by atoms with Gasteiger partial charge in [0.05, 0.1) is 6.54 Å². The first kappa shape index (κ1) is 25.9. The van der Waals surface area contributed by atoms with Gasteiger partial charge in [-0.05, 0) is 70.5 Å². The van der Waals surface area contributed by atoms with E-state index in [1.807, 2.05) is 54.8 Å². The van der Waals surface area contributed by atoms with Gasteiger partial charge in [0.25, 0.3) is 11.9 Å². The molecule has 4 aromatic rings. The number of urea groups is 1. The Hall–Kier alpha value is -4.18. The quantitative estimate of drug-likeness (QED) is 0.272. The van der Waals surface area contributed by atoms with Crippen LogP contribution >= 0.6 is 11.8 Å². The van der Waals surface area contributed by atoms with Gasteiger partial charge in [-0.2, -0.15) is 5.21 Å². The number of nitrogens with one attached hydrogen (secondary N) is 3. The van der Waals surface area contributed by atoms with Crippen LogP contribution in [0.25, 0.3) is 0 Å². The highest BCUT2D eigenvalue weighted by atomic mass is 32.2. The molecular formula is C27H29N7O2S. The number of hydrogen-bond donors (Lipinski definition) is 3. The number of nitrogens with zero attached hydrogens (tertiary/aromatic N) is 4. The molecule has 9 nitrogen and oxygen atoms in total. The Bertz CT molecular complexity index is 1350. The summed E-state index contributed by atoms with van der Waals surface area (Å²) in [6.07, 6.45) is 2.00. The summed E-state index contributed by atoms with van der Waals surface area (Å²) in [5.41, 5.74) is 3.98. The highest BCUT2D eigenvalue weighted by molar-refractivity contribution is 7.98. The minimum Gasteiger partial charge on any atom is -0.307 e. The number of aromatic nitrogens is 4. The lowest BCUT2D eigenvalue weighted by Gasteiger charge is -2.25. The first-order valence-corrected chi connectivity index (χ1v) is 12.9. The van der Waals surface area contributed by atoms with Crippen molar-refractivity contribution < 1.29 is 9.59 Å². The van der Waals surface area contributed by atoms with Crippen molar-refractivity contribution in [1.82, 2.24) is 20.6 Å². The molecule has 3 aromatic carbocycles. The van der Waals surface area contributed by atoms with Crippen molar-refractivity contribution in [2.45, 2.75) is 37.6 Å². The predicted octanol–water partition coefficient (Wildman–Crippen LogP) is 5.71. The molecule has 0 spiro atoms. The molecule has 0 atom stereocenters. The van der Waals surface area contributed by atoms with Gasteiger partial charge in [-0.15, -0.1) is 16.9 Å². The molecule has 3 amide bonds. The molecule has 0 radical (unpaired) electrons. The predicted molar refractivity (Wildman–Crippen MR) is 147 cm³/mol. The summed E-state index contributed by atoms with van der Waals surface area (Å²) < 4.78 is 0.